The first kappa shape index (κ1) is 17.3. The van der Waals surface area contributed by atoms with Gasteiger partial charge in [-0.15, -0.1) is 11.3 Å². The van der Waals surface area contributed by atoms with Crippen LogP contribution in [0.5, 0.6) is 0 Å². The molecule has 2 amide bonds. The number of hydrogen-bond donors (Lipinski definition) is 1. The molecule has 0 atom stereocenters. The van der Waals surface area contributed by atoms with Gasteiger partial charge in [0.05, 0.1) is 12.1 Å². The highest BCUT2D eigenvalue weighted by molar-refractivity contribution is 7.14. The van der Waals surface area contributed by atoms with E-state index in [1.54, 1.807) is 11.4 Å². The first-order valence-corrected chi connectivity index (χ1v) is 9.50. The smallest absolute Gasteiger partial charge is 0.295 e. The van der Waals surface area contributed by atoms with E-state index in [1.165, 1.54) is 29.3 Å². The molecular weight excluding hydrogens is 362 g/mol. The summed E-state index contributed by atoms with van der Waals surface area (Å²) in [6, 6.07) is 9.64. The molecule has 0 saturated heterocycles. The Bertz CT molecular complexity index is 973. The zero-order chi connectivity index (χ0) is 18.6. The zero-order valence-corrected chi connectivity index (χ0v) is 15.3. The highest BCUT2D eigenvalue weighted by Gasteiger charge is 2.23. The minimum atomic E-state index is -0.423. The third kappa shape index (κ3) is 3.85. The molecule has 2 aromatic heterocycles. The predicted molar refractivity (Wildman–Crippen MR) is 103 cm³/mol. The Balaban J connectivity index is 1.43. The largest absolute Gasteiger partial charge is 0.312 e. The Labute approximate surface area is 160 Å². The number of thiazole rings is 1. The molecule has 4 rings (SSSR count). The van der Waals surface area contributed by atoms with E-state index in [1.807, 2.05) is 23.1 Å². The molecule has 1 N–H and O–H groups in total. The monoisotopic (exact) mass is 379 g/mol. The van der Waals surface area contributed by atoms with Crippen molar-refractivity contribution in [1.82, 2.24) is 15.0 Å². The van der Waals surface area contributed by atoms with Crippen LogP contribution >= 0.6 is 11.3 Å². The summed E-state index contributed by atoms with van der Waals surface area (Å²) in [4.78, 5) is 38.8. The molecule has 1 aliphatic heterocycles. The molecule has 0 spiro atoms. The SMILES string of the molecule is O=C(Nc1nc(CC(=O)N2CCCc3ccccc32)cs1)c1ncccn1. The van der Waals surface area contributed by atoms with Gasteiger partial charge in [-0.05, 0) is 30.5 Å². The molecule has 3 heterocycles. The number of amides is 2. The Kier molecular flexibility index (Phi) is 4.88. The molecule has 0 saturated carbocycles. The second-order valence-electron chi connectivity index (χ2n) is 6.12. The van der Waals surface area contributed by atoms with Gasteiger partial charge < -0.3 is 4.90 Å². The highest BCUT2D eigenvalue weighted by atomic mass is 32.1. The van der Waals surface area contributed by atoms with Crippen molar-refractivity contribution in [2.75, 3.05) is 16.8 Å². The van der Waals surface area contributed by atoms with Crippen molar-refractivity contribution in [3.63, 3.8) is 0 Å². The van der Waals surface area contributed by atoms with Crippen LogP contribution in [0.15, 0.2) is 48.1 Å². The van der Waals surface area contributed by atoms with Gasteiger partial charge in [-0.25, -0.2) is 15.0 Å². The summed E-state index contributed by atoms with van der Waals surface area (Å²) in [5, 5.41) is 4.88. The van der Waals surface area contributed by atoms with E-state index in [9.17, 15) is 9.59 Å². The van der Waals surface area contributed by atoms with E-state index in [0.29, 0.717) is 10.8 Å². The van der Waals surface area contributed by atoms with Gasteiger partial charge in [-0.3, -0.25) is 14.9 Å². The Morgan fingerprint density at radius 2 is 1.96 bits per heavy atom. The van der Waals surface area contributed by atoms with E-state index < -0.39 is 5.91 Å². The average molecular weight is 379 g/mol. The molecule has 0 aliphatic carbocycles. The normalized spacial score (nSPS) is 13.1. The molecule has 8 heteroatoms. The first-order chi connectivity index (χ1) is 13.2. The predicted octanol–water partition coefficient (Wildman–Crippen LogP) is 2.71. The number of anilines is 2. The summed E-state index contributed by atoms with van der Waals surface area (Å²) < 4.78 is 0. The van der Waals surface area contributed by atoms with Crippen molar-refractivity contribution < 1.29 is 9.59 Å². The summed E-state index contributed by atoms with van der Waals surface area (Å²) in [5.41, 5.74) is 2.82. The van der Waals surface area contributed by atoms with Gasteiger partial charge in [0.2, 0.25) is 11.7 Å². The molecule has 1 aromatic carbocycles. The lowest BCUT2D eigenvalue weighted by atomic mass is 10.0. The van der Waals surface area contributed by atoms with Crippen LogP contribution in [0.2, 0.25) is 0 Å². The lowest BCUT2D eigenvalue weighted by Crippen LogP contribution is -2.36. The molecule has 27 heavy (non-hydrogen) atoms. The number of benzene rings is 1. The van der Waals surface area contributed by atoms with Gasteiger partial charge in [0, 0.05) is 30.0 Å². The Morgan fingerprint density at radius 1 is 1.15 bits per heavy atom. The minimum absolute atomic E-state index is 0.0109. The summed E-state index contributed by atoms with van der Waals surface area (Å²) in [6.45, 7) is 0.717. The topological polar surface area (TPSA) is 88.1 Å². The van der Waals surface area contributed by atoms with Crippen LogP contribution in [-0.4, -0.2) is 33.3 Å². The number of aromatic nitrogens is 3. The fraction of sp³-hybridized carbons (Fsp3) is 0.211. The molecule has 0 unspecified atom stereocenters. The fourth-order valence-electron chi connectivity index (χ4n) is 3.06. The number of rotatable bonds is 4. The fourth-order valence-corrected chi connectivity index (χ4v) is 3.76. The number of carbonyl (C=O) groups excluding carboxylic acids is 2. The van der Waals surface area contributed by atoms with Crippen LogP contribution in [0, 0.1) is 0 Å². The second-order valence-corrected chi connectivity index (χ2v) is 6.98. The molecule has 1 aliphatic rings. The molecular formula is C19H17N5O2S. The van der Waals surface area contributed by atoms with Crippen molar-refractivity contribution in [2.45, 2.75) is 19.3 Å². The average Bonchev–Trinajstić information content (AvgIpc) is 3.14. The second kappa shape index (κ2) is 7.63. The molecule has 7 nitrogen and oxygen atoms in total. The van der Waals surface area contributed by atoms with Gasteiger partial charge >= 0.3 is 0 Å². The maximum absolute atomic E-state index is 12.8. The van der Waals surface area contributed by atoms with Crippen molar-refractivity contribution in [3.05, 3.63) is 65.2 Å². The third-order valence-corrected chi connectivity index (χ3v) is 5.09. The number of aryl methyl sites for hydroxylation is 1. The van der Waals surface area contributed by atoms with Crippen LogP contribution < -0.4 is 10.2 Å². The number of carbonyl (C=O) groups is 2. The van der Waals surface area contributed by atoms with Crippen LogP contribution in [-0.2, 0) is 17.6 Å². The minimum Gasteiger partial charge on any atom is -0.312 e. The first-order valence-electron chi connectivity index (χ1n) is 8.62. The van der Waals surface area contributed by atoms with Gasteiger partial charge in [0.1, 0.15) is 0 Å². The Hall–Kier alpha value is -3.13. The number of para-hydroxylation sites is 1. The maximum Gasteiger partial charge on any atom is 0.295 e. The lowest BCUT2D eigenvalue weighted by Gasteiger charge is -2.29. The van der Waals surface area contributed by atoms with Crippen LogP contribution in [0.4, 0.5) is 10.8 Å². The summed E-state index contributed by atoms with van der Waals surface area (Å²) in [6.07, 6.45) is 5.16. The number of hydrogen-bond acceptors (Lipinski definition) is 6. The van der Waals surface area contributed by atoms with Crippen molar-refractivity contribution in [3.8, 4) is 0 Å². The van der Waals surface area contributed by atoms with Gasteiger partial charge in [-0.2, -0.15) is 0 Å². The van der Waals surface area contributed by atoms with Crippen LogP contribution in [0.3, 0.4) is 0 Å². The highest BCUT2D eigenvalue weighted by Crippen LogP contribution is 2.27. The van der Waals surface area contributed by atoms with Gasteiger partial charge in [0.25, 0.3) is 5.91 Å². The van der Waals surface area contributed by atoms with E-state index >= 15 is 0 Å². The summed E-state index contributed by atoms with van der Waals surface area (Å²) in [5.74, 6) is -0.334. The van der Waals surface area contributed by atoms with Crippen molar-refractivity contribution in [1.29, 1.82) is 0 Å². The standard InChI is InChI=1S/C19H17N5O2S/c25-16(24-10-3-6-13-5-1-2-7-15(13)24)11-14-12-27-19(22-14)23-18(26)17-20-8-4-9-21-17/h1-2,4-5,7-9,12H,3,6,10-11H2,(H,22,23,26). The van der Waals surface area contributed by atoms with E-state index in [-0.39, 0.29) is 18.2 Å². The van der Waals surface area contributed by atoms with E-state index in [4.69, 9.17) is 0 Å². The van der Waals surface area contributed by atoms with Crippen molar-refractivity contribution in [2.24, 2.45) is 0 Å². The molecule has 0 fully saturated rings. The summed E-state index contributed by atoms with van der Waals surface area (Å²) in [7, 11) is 0. The lowest BCUT2D eigenvalue weighted by molar-refractivity contribution is -0.118. The van der Waals surface area contributed by atoms with Gasteiger partial charge in [-0.1, -0.05) is 18.2 Å². The number of fused-ring (bicyclic) bond motifs is 1. The molecule has 0 bridgehead atoms. The van der Waals surface area contributed by atoms with Crippen molar-refractivity contribution >= 4 is 34.0 Å². The van der Waals surface area contributed by atoms with Crippen LogP contribution in [0.1, 0.15) is 28.3 Å². The molecule has 3 aromatic rings. The number of nitrogens with one attached hydrogen (secondary N) is 1. The Morgan fingerprint density at radius 3 is 2.81 bits per heavy atom. The van der Waals surface area contributed by atoms with Crippen LogP contribution in [0.25, 0.3) is 0 Å². The third-order valence-electron chi connectivity index (χ3n) is 4.28. The molecule has 0 radical (unpaired) electrons. The zero-order valence-electron chi connectivity index (χ0n) is 14.5. The quantitative estimate of drug-likeness (QED) is 0.753. The van der Waals surface area contributed by atoms with Gasteiger partial charge in [0.15, 0.2) is 5.13 Å². The number of nitrogens with zero attached hydrogens (tertiary/aromatic N) is 4. The molecule has 136 valence electrons. The van der Waals surface area contributed by atoms with E-state index in [2.05, 4.69) is 26.3 Å². The summed E-state index contributed by atoms with van der Waals surface area (Å²) >= 11 is 1.28. The maximum atomic E-state index is 12.8. The van der Waals surface area contributed by atoms with E-state index in [0.717, 1.165) is 25.1 Å².